The third-order valence-corrected chi connectivity index (χ3v) is 3.92. The maximum absolute atomic E-state index is 12.1. The van der Waals surface area contributed by atoms with Crippen LogP contribution < -0.4 is 15.4 Å². The van der Waals surface area contributed by atoms with Crippen molar-refractivity contribution in [3.8, 4) is 5.75 Å². The van der Waals surface area contributed by atoms with Gasteiger partial charge in [-0.05, 0) is 44.0 Å². The van der Waals surface area contributed by atoms with Gasteiger partial charge in [-0.15, -0.1) is 0 Å². The van der Waals surface area contributed by atoms with Crippen molar-refractivity contribution in [3.05, 3.63) is 53.6 Å². The number of benzene rings is 2. The number of anilines is 2. The summed E-state index contributed by atoms with van der Waals surface area (Å²) in [7, 11) is 0. The summed E-state index contributed by atoms with van der Waals surface area (Å²) in [5.74, 6) is 0.359. The zero-order chi connectivity index (χ0) is 17.1. The fraction of sp³-hybridized carbons (Fsp3) is 0.263. The molecule has 0 aromatic heterocycles. The van der Waals surface area contributed by atoms with Gasteiger partial charge in [0.25, 0.3) is 5.91 Å². The minimum Gasteiger partial charge on any atom is -0.479 e. The van der Waals surface area contributed by atoms with Gasteiger partial charge in [-0.25, -0.2) is 0 Å². The lowest BCUT2D eigenvalue weighted by molar-refractivity contribution is -0.122. The molecule has 0 aliphatic carbocycles. The Hall–Kier alpha value is -2.82. The van der Waals surface area contributed by atoms with Gasteiger partial charge in [0.05, 0.1) is 5.69 Å². The number of ether oxygens (including phenoxy) is 1. The molecule has 124 valence electrons. The van der Waals surface area contributed by atoms with Crippen molar-refractivity contribution >= 4 is 23.2 Å². The van der Waals surface area contributed by atoms with E-state index in [-0.39, 0.29) is 11.8 Å². The molecule has 5 nitrogen and oxygen atoms in total. The molecule has 2 amide bonds. The van der Waals surface area contributed by atoms with E-state index in [0.29, 0.717) is 30.0 Å². The van der Waals surface area contributed by atoms with Gasteiger partial charge < -0.3 is 15.4 Å². The van der Waals surface area contributed by atoms with Crippen LogP contribution >= 0.6 is 0 Å². The lowest BCUT2D eigenvalue weighted by Crippen LogP contribution is -2.34. The van der Waals surface area contributed by atoms with Crippen molar-refractivity contribution in [2.75, 3.05) is 10.6 Å². The number of carbonyl (C=O) groups is 2. The largest absolute Gasteiger partial charge is 0.479 e. The third-order valence-electron chi connectivity index (χ3n) is 3.92. The molecular formula is C19H20N2O3. The van der Waals surface area contributed by atoms with Crippen molar-refractivity contribution in [1.29, 1.82) is 0 Å². The van der Waals surface area contributed by atoms with Crippen molar-refractivity contribution in [3.63, 3.8) is 0 Å². The van der Waals surface area contributed by atoms with Gasteiger partial charge in [0.2, 0.25) is 5.91 Å². The van der Waals surface area contributed by atoms with Crippen LogP contribution in [0.1, 0.15) is 24.5 Å². The second-order valence-electron chi connectivity index (χ2n) is 6.00. The van der Waals surface area contributed by atoms with Crippen molar-refractivity contribution < 1.29 is 14.3 Å². The summed E-state index contributed by atoms with van der Waals surface area (Å²) in [5, 5.41) is 5.63. The highest BCUT2D eigenvalue weighted by Gasteiger charge is 2.23. The molecule has 1 heterocycles. The number of nitrogens with one attached hydrogen (secondary N) is 2. The molecule has 2 aromatic carbocycles. The average molecular weight is 324 g/mol. The van der Waals surface area contributed by atoms with Crippen LogP contribution in [0.4, 0.5) is 11.4 Å². The maximum Gasteiger partial charge on any atom is 0.265 e. The van der Waals surface area contributed by atoms with Crippen molar-refractivity contribution in [2.45, 2.75) is 32.8 Å². The first-order valence-corrected chi connectivity index (χ1v) is 7.98. The quantitative estimate of drug-likeness (QED) is 0.907. The molecular weight excluding hydrogens is 304 g/mol. The monoisotopic (exact) mass is 324 g/mol. The normalized spacial score (nSPS) is 15.9. The molecule has 5 heteroatoms. The van der Waals surface area contributed by atoms with E-state index in [9.17, 15) is 9.59 Å². The maximum atomic E-state index is 12.1. The molecule has 1 atom stereocenters. The van der Waals surface area contributed by atoms with Crippen LogP contribution in [0.3, 0.4) is 0 Å². The van der Waals surface area contributed by atoms with Gasteiger partial charge in [0.1, 0.15) is 5.75 Å². The highest BCUT2D eigenvalue weighted by molar-refractivity contribution is 5.99. The molecule has 2 aromatic rings. The van der Waals surface area contributed by atoms with Gasteiger partial charge >= 0.3 is 0 Å². The number of amides is 2. The molecule has 0 spiro atoms. The molecule has 0 saturated heterocycles. The second-order valence-corrected chi connectivity index (χ2v) is 6.00. The Bertz CT molecular complexity index is 786. The van der Waals surface area contributed by atoms with Gasteiger partial charge in [0.15, 0.2) is 6.10 Å². The molecule has 0 bridgehead atoms. The second kappa shape index (κ2) is 6.74. The van der Waals surface area contributed by atoms with Gasteiger partial charge in [-0.3, -0.25) is 9.59 Å². The summed E-state index contributed by atoms with van der Waals surface area (Å²) < 4.78 is 5.50. The molecule has 1 aliphatic heterocycles. The van der Waals surface area contributed by atoms with Crippen molar-refractivity contribution in [1.82, 2.24) is 0 Å². The lowest BCUT2D eigenvalue weighted by Gasteiger charge is -2.23. The summed E-state index contributed by atoms with van der Waals surface area (Å²) in [5.41, 5.74) is 3.55. The molecule has 0 radical (unpaired) electrons. The predicted octanol–water partition coefficient (Wildman–Crippen LogP) is 3.29. The van der Waals surface area contributed by atoms with E-state index < -0.39 is 6.10 Å². The Morgan fingerprint density at radius 2 is 2.08 bits per heavy atom. The minimum absolute atomic E-state index is 0.0621. The van der Waals surface area contributed by atoms with Crippen LogP contribution in [-0.2, 0) is 16.0 Å². The zero-order valence-corrected chi connectivity index (χ0v) is 13.8. The summed E-state index contributed by atoms with van der Waals surface area (Å²) in [6, 6.07) is 13.4. The number of carbonyl (C=O) groups excluding carboxylic acids is 2. The number of hydrogen-bond donors (Lipinski definition) is 2. The van der Waals surface area contributed by atoms with E-state index in [2.05, 4.69) is 16.7 Å². The standard InChI is InChI=1S/C19H20N2O3/c1-12-4-3-5-14(10-12)6-9-18(22)20-15-7-8-17-16(11-15)21-19(23)13(2)24-17/h3-5,7-8,10-11,13H,6,9H2,1-2H3,(H,20,22)(H,21,23)/t13-/m1/s1. The Morgan fingerprint density at radius 3 is 2.88 bits per heavy atom. The molecule has 0 unspecified atom stereocenters. The lowest BCUT2D eigenvalue weighted by atomic mass is 10.1. The van der Waals surface area contributed by atoms with E-state index in [1.807, 2.05) is 25.1 Å². The van der Waals surface area contributed by atoms with Crippen LogP contribution in [0.5, 0.6) is 5.75 Å². The van der Waals surface area contributed by atoms with Gasteiger partial charge in [0, 0.05) is 12.1 Å². The number of hydrogen-bond acceptors (Lipinski definition) is 3. The SMILES string of the molecule is Cc1cccc(CCC(=O)Nc2ccc3c(c2)NC(=O)[C@@H](C)O3)c1. The van der Waals surface area contributed by atoms with Crippen LogP contribution in [-0.4, -0.2) is 17.9 Å². The first-order chi connectivity index (χ1) is 11.5. The van der Waals surface area contributed by atoms with Crippen LogP contribution in [0.2, 0.25) is 0 Å². The van der Waals surface area contributed by atoms with Crippen molar-refractivity contribution in [2.24, 2.45) is 0 Å². The van der Waals surface area contributed by atoms with E-state index in [1.54, 1.807) is 25.1 Å². The minimum atomic E-state index is -0.507. The number of rotatable bonds is 4. The summed E-state index contributed by atoms with van der Waals surface area (Å²) in [4.78, 5) is 23.8. The Balaban J connectivity index is 1.61. The first-order valence-electron chi connectivity index (χ1n) is 7.98. The van der Waals surface area contributed by atoms with Crippen LogP contribution in [0.25, 0.3) is 0 Å². The average Bonchev–Trinajstić information content (AvgIpc) is 2.54. The molecule has 0 saturated carbocycles. The summed E-state index contributed by atoms with van der Waals surface area (Å²) >= 11 is 0. The predicted molar refractivity (Wildman–Crippen MR) is 93.3 cm³/mol. The van der Waals surface area contributed by atoms with E-state index in [1.165, 1.54) is 5.56 Å². The summed E-state index contributed by atoms with van der Waals surface area (Å²) in [6.07, 6.45) is 0.586. The molecule has 2 N–H and O–H groups in total. The fourth-order valence-corrected chi connectivity index (χ4v) is 2.64. The molecule has 1 aliphatic rings. The van der Waals surface area contributed by atoms with E-state index in [4.69, 9.17) is 4.74 Å². The number of fused-ring (bicyclic) bond motifs is 1. The zero-order valence-electron chi connectivity index (χ0n) is 13.8. The van der Waals surface area contributed by atoms with E-state index >= 15 is 0 Å². The molecule has 0 fully saturated rings. The van der Waals surface area contributed by atoms with Crippen LogP contribution in [0, 0.1) is 6.92 Å². The molecule has 3 rings (SSSR count). The van der Waals surface area contributed by atoms with Gasteiger partial charge in [-0.1, -0.05) is 29.8 Å². The third kappa shape index (κ3) is 3.74. The first kappa shape index (κ1) is 16.1. The highest BCUT2D eigenvalue weighted by atomic mass is 16.5. The topological polar surface area (TPSA) is 67.4 Å². The van der Waals surface area contributed by atoms with Gasteiger partial charge in [-0.2, -0.15) is 0 Å². The highest BCUT2D eigenvalue weighted by Crippen LogP contribution is 2.32. The Kier molecular flexibility index (Phi) is 4.51. The number of aryl methyl sites for hydroxylation is 2. The van der Waals surface area contributed by atoms with Crippen LogP contribution in [0.15, 0.2) is 42.5 Å². The Morgan fingerprint density at radius 1 is 1.25 bits per heavy atom. The van der Waals surface area contributed by atoms with E-state index in [0.717, 1.165) is 5.56 Å². The summed E-state index contributed by atoms with van der Waals surface area (Å²) in [6.45, 7) is 3.73. The fourth-order valence-electron chi connectivity index (χ4n) is 2.64. The molecule has 24 heavy (non-hydrogen) atoms. The Labute approximate surface area is 141 Å². The smallest absolute Gasteiger partial charge is 0.265 e.